The lowest BCUT2D eigenvalue weighted by atomic mass is 9.92. The molecule has 1 fully saturated rings. The van der Waals surface area contributed by atoms with Crippen molar-refractivity contribution in [1.29, 1.82) is 0 Å². The molecule has 0 amide bonds. The highest BCUT2D eigenvalue weighted by Crippen LogP contribution is 2.21. The van der Waals surface area contributed by atoms with Gasteiger partial charge >= 0.3 is 0 Å². The van der Waals surface area contributed by atoms with E-state index < -0.39 is 0 Å². The van der Waals surface area contributed by atoms with E-state index in [1.165, 1.54) is 50.2 Å². The van der Waals surface area contributed by atoms with E-state index in [1.807, 2.05) is 18.8 Å². The van der Waals surface area contributed by atoms with Crippen LogP contribution in [0, 0.1) is 25.7 Å². The van der Waals surface area contributed by atoms with Gasteiger partial charge in [0.05, 0.1) is 5.69 Å². The first-order valence-electron chi connectivity index (χ1n) is 11.0. The highest BCUT2D eigenvalue weighted by atomic mass is 127. The number of halogens is 1. The maximum Gasteiger partial charge on any atom is 0.191 e. The number of unbranched alkanes of at least 4 members (excludes halogenated alkanes) is 1. The van der Waals surface area contributed by atoms with E-state index in [4.69, 9.17) is 0 Å². The SMILES string of the molecule is CN=C(NCCCCN1CC(C)CC(C)C1)NC(C)Cc1c(C)nn(C)c1C.I. The normalized spacial score (nSPS) is 21.6. The molecule has 2 N–H and O–H groups in total. The van der Waals surface area contributed by atoms with Crippen molar-refractivity contribution in [1.82, 2.24) is 25.3 Å². The van der Waals surface area contributed by atoms with Gasteiger partial charge in [0.15, 0.2) is 5.96 Å². The molecule has 6 nitrogen and oxygen atoms in total. The molecule has 3 unspecified atom stereocenters. The number of nitrogens with zero attached hydrogens (tertiary/aromatic N) is 4. The van der Waals surface area contributed by atoms with Crippen LogP contribution in [0.15, 0.2) is 4.99 Å². The lowest BCUT2D eigenvalue weighted by molar-refractivity contribution is 0.139. The van der Waals surface area contributed by atoms with Crippen molar-refractivity contribution in [3.05, 3.63) is 17.0 Å². The standard InChI is InChI=1S/C22H42N6.HI/c1-16-12-17(2)15-28(14-16)11-9-8-10-24-22(23-6)25-18(3)13-21-19(4)26-27(7)20(21)5;/h16-18H,8-15H2,1-7H3,(H2,23,24,25);1H. The molecule has 2 heterocycles. The molecule has 168 valence electrons. The molecule has 7 heteroatoms. The van der Waals surface area contributed by atoms with Crippen molar-refractivity contribution in [3.8, 4) is 0 Å². The highest BCUT2D eigenvalue weighted by Gasteiger charge is 2.21. The molecule has 1 saturated heterocycles. The summed E-state index contributed by atoms with van der Waals surface area (Å²) in [6, 6.07) is 0.309. The average Bonchev–Trinajstić information content (AvgIpc) is 2.85. The van der Waals surface area contributed by atoms with Gasteiger partial charge < -0.3 is 15.5 Å². The van der Waals surface area contributed by atoms with Gasteiger partial charge in [-0.25, -0.2) is 0 Å². The predicted octanol–water partition coefficient (Wildman–Crippen LogP) is 3.51. The molecule has 0 aromatic carbocycles. The van der Waals surface area contributed by atoms with Crippen LogP contribution in [0.2, 0.25) is 0 Å². The summed E-state index contributed by atoms with van der Waals surface area (Å²) < 4.78 is 1.97. The van der Waals surface area contributed by atoms with E-state index in [0.717, 1.165) is 36.5 Å². The number of piperidine rings is 1. The fourth-order valence-corrected chi connectivity index (χ4v) is 4.54. The van der Waals surface area contributed by atoms with Crippen LogP contribution in [-0.2, 0) is 13.5 Å². The molecule has 0 spiro atoms. The van der Waals surface area contributed by atoms with Gasteiger partial charge in [0.2, 0.25) is 0 Å². The Balaban J connectivity index is 0.00000420. The lowest BCUT2D eigenvalue weighted by Crippen LogP contribution is -2.43. The number of likely N-dealkylation sites (tertiary alicyclic amines) is 1. The van der Waals surface area contributed by atoms with Crippen LogP contribution >= 0.6 is 24.0 Å². The van der Waals surface area contributed by atoms with Gasteiger partial charge in [0, 0.05) is 45.5 Å². The highest BCUT2D eigenvalue weighted by molar-refractivity contribution is 14.0. The Morgan fingerprint density at radius 3 is 2.41 bits per heavy atom. The molecule has 0 radical (unpaired) electrons. The molecule has 29 heavy (non-hydrogen) atoms. The van der Waals surface area contributed by atoms with E-state index >= 15 is 0 Å². The summed E-state index contributed by atoms with van der Waals surface area (Å²) in [6.45, 7) is 15.9. The van der Waals surface area contributed by atoms with Gasteiger partial charge in [0.1, 0.15) is 0 Å². The molecular formula is C22H43IN6. The minimum Gasteiger partial charge on any atom is -0.356 e. The lowest BCUT2D eigenvalue weighted by Gasteiger charge is -2.34. The van der Waals surface area contributed by atoms with Crippen molar-refractivity contribution in [2.24, 2.45) is 23.9 Å². The van der Waals surface area contributed by atoms with E-state index in [0.29, 0.717) is 6.04 Å². The first kappa shape index (κ1) is 26.2. The van der Waals surface area contributed by atoms with E-state index in [1.54, 1.807) is 0 Å². The number of hydrogen-bond acceptors (Lipinski definition) is 3. The van der Waals surface area contributed by atoms with Gasteiger partial charge in [-0.3, -0.25) is 9.67 Å². The molecule has 1 aromatic rings. The van der Waals surface area contributed by atoms with Crippen molar-refractivity contribution >= 4 is 29.9 Å². The summed E-state index contributed by atoms with van der Waals surface area (Å²) >= 11 is 0. The molecule has 0 bridgehead atoms. The van der Waals surface area contributed by atoms with Crippen LogP contribution in [0.1, 0.15) is 57.0 Å². The Kier molecular flexibility index (Phi) is 11.5. The maximum absolute atomic E-state index is 4.52. The Morgan fingerprint density at radius 1 is 1.21 bits per heavy atom. The van der Waals surface area contributed by atoms with Gasteiger partial charge in [-0.05, 0) is 70.4 Å². The van der Waals surface area contributed by atoms with E-state index in [2.05, 4.69) is 60.2 Å². The van der Waals surface area contributed by atoms with Gasteiger partial charge in [-0.15, -0.1) is 24.0 Å². The van der Waals surface area contributed by atoms with Crippen LogP contribution < -0.4 is 10.6 Å². The summed E-state index contributed by atoms with van der Waals surface area (Å²) in [5.74, 6) is 2.59. The summed E-state index contributed by atoms with van der Waals surface area (Å²) in [4.78, 5) is 7.04. The van der Waals surface area contributed by atoms with Crippen LogP contribution in [0.5, 0.6) is 0 Å². The predicted molar refractivity (Wildman–Crippen MR) is 134 cm³/mol. The van der Waals surface area contributed by atoms with E-state index in [9.17, 15) is 0 Å². The minimum absolute atomic E-state index is 0. The molecule has 2 rings (SSSR count). The fourth-order valence-electron chi connectivity index (χ4n) is 4.54. The largest absolute Gasteiger partial charge is 0.356 e. The number of rotatable bonds is 8. The van der Waals surface area contributed by atoms with Crippen LogP contribution in [0.4, 0.5) is 0 Å². The molecule has 1 aromatic heterocycles. The molecule has 3 atom stereocenters. The van der Waals surface area contributed by atoms with Gasteiger partial charge in [0.25, 0.3) is 0 Å². The summed E-state index contributed by atoms with van der Waals surface area (Å²) in [5.41, 5.74) is 3.70. The third kappa shape index (κ3) is 8.44. The minimum atomic E-state index is 0. The second-order valence-corrected chi connectivity index (χ2v) is 8.93. The average molecular weight is 519 g/mol. The van der Waals surface area contributed by atoms with Crippen LogP contribution in [-0.4, -0.2) is 59.9 Å². The van der Waals surface area contributed by atoms with Gasteiger partial charge in [-0.2, -0.15) is 5.10 Å². The Morgan fingerprint density at radius 2 is 1.86 bits per heavy atom. The number of aryl methyl sites for hydroxylation is 2. The van der Waals surface area contributed by atoms with Gasteiger partial charge in [-0.1, -0.05) is 13.8 Å². The zero-order valence-electron chi connectivity index (χ0n) is 19.6. The molecular weight excluding hydrogens is 475 g/mol. The Bertz CT molecular complexity index is 631. The maximum atomic E-state index is 4.52. The molecule has 0 aliphatic carbocycles. The van der Waals surface area contributed by atoms with Crippen LogP contribution in [0.25, 0.3) is 0 Å². The Labute approximate surface area is 195 Å². The molecule has 0 saturated carbocycles. The monoisotopic (exact) mass is 518 g/mol. The fraction of sp³-hybridized carbons (Fsp3) is 0.818. The first-order valence-corrected chi connectivity index (χ1v) is 11.0. The smallest absolute Gasteiger partial charge is 0.191 e. The Hall–Kier alpha value is -0.830. The van der Waals surface area contributed by atoms with Crippen molar-refractivity contribution in [3.63, 3.8) is 0 Å². The number of guanidine groups is 1. The number of hydrogen-bond donors (Lipinski definition) is 2. The first-order chi connectivity index (χ1) is 13.3. The molecule has 1 aliphatic rings. The topological polar surface area (TPSA) is 57.5 Å². The van der Waals surface area contributed by atoms with E-state index in [-0.39, 0.29) is 24.0 Å². The molecule has 1 aliphatic heterocycles. The number of aromatic nitrogens is 2. The zero-order chi connectivity index (χ0) is 20.7. The van der Waals surface area contributed by atoms with Crippen LogP contribution in [0.3, 0.4) is 0 Å². The van der Waals surface area contributed by atoms with Crippen molar-refractivity contribution < 1.29 is 0 Å². The summed E-state index contributed by atoms with van der Waals surface area (Å²) in [6.07, 6.45) is 4.76. The third-order valence-corrected chi connectivity index (χ3v) is 5.91. The third-order valence-electron chi connectivity index (χ3n) is 5.91. The van der Waals surface area contributed by atoms with Crippen molar-refractivity contribution in [2.75, 3.05) is 33.2 Å². The van der Waals surface area contributed by atoms with Crippen molar-refractivity contribution in [2.45, 2.75) is 66.3 Å². The summed E-state index contributed by atoms with van der Waals surface area (Å²) in [5, 5.41) is 11.5. The second kappa shape index (κ2) is 12.8. The number of nitrogens with one attached hydrogen (secondary N) is 2. The quantitative estimate of drug-likeness (QED) is 0.240. The second-order valence-electron chi connectivity index (χ2n) is 8.93. The zero-order valence-corrected chi connectivity index (χ0v) is 21.9. The number of aliphatic imine (C=N–C) groups is 1. The summed E-state index contributed by atoms with van der Waals surface area (Å²) in [7, 11) is 3.86.